The number of nitrogens with one attached hydrogen (secondary N) is 1. The van der Waals surface area contributed by atoms with Gasteiger partial charge in [0.05, 0.1) is 12.0 Å². The zero-order valence-electron chi connectivity index (χ0n) is 10.1. The van der Waals surface area contributed by atoms with Crippen LogP contribution in [0.3, 0.4) is 0 Å². The van der Waals surface area contributed by atoms with E-state index in [1.165, 1.54) is 12.8 Å². The number of nitrogens with zero attached hydrogens (tertiary/aromatic N) is 1. The van der Waals surface area contributed by atoms with Gasteiger partial charge in [-0.2, -0.15) is 0 Å². The Labute approximate surface area is 102 Å². The fraction of sp³-hybridized carbons (Fsp3) is 0.538. The Kier molecular flexibility index (Phi) is 3.43. The number of carbonyl (C=O) groups is 1. The van der Waals surface area contributed by atoms with E-state index in [1.807, 2.05) is 19.1 Å². The van der Waals surface area contributed by atoms with E-state index in [9.17, 15) is 4.79 Å². The first kappa shape index (κ1) is 12.0. The monoisotopic (exact) mass is 233 g/mol. The van der Waals surface area contributed by atoms with Crippen LogP contribution in [0, 0.1) is 5.92 Å². The van der Waals surface area contributed by atoms with Gasteiger partial charge in [0, 0.05) is 18.9 Å². The van der Waals surface area contributed by atoms with Crippen molar-refractivity contribution in [3.05, 3.63) is 30.1 Å². The summed E-state index contributed by atoms with van der Waals surface area (Å²) in [5.41, 5.74) is 6.46. The molecule has 1 aromatic rings. The highest BCUT2D eigenvalue weighted by Gasteiger charge is 2.41. The molecule has 1 unspecified atom stereocenters. The minimum absolute atomic E-state index is 0.0258. The van der Waals surface area contributed by atoms with Crippen LogP contribution in [-0.4, -0.2) is 23.0 Å². The number of amides is 1. The minimum Gasteiger partial charge on any atom is -0.349 e. The molecule has 0 saturated heterocycles. The molecule has 0 bridgehead atoms. The molecule has 0 spiro atoms. The summed E-state index contributed by atoms with van der Waals surface area (Å²) in [6.45, 7) is 2.53. The average molecular weight is 233 g/mol. The molecule has 0 aromatic carbocycles. The van der Waals surface area contributed by atoms with Gasteiger partial charge in [-0.3, -0.25) is 9.78 Å². The highest BCUT2D eigenvalue weighted by Crippen LogP contribution is 2.38. The average Bonchev–Trinajstić information content (AvgIpc) is 3.14. The molecule has 1 amide bonds. The van der Waals surface area contributed by atoms with E-state index in [4.69, 9.17) is 5.73 Å². The first-order chi connectivity index (χ1) is 8.14. The van der Waals surface area contributed by atoms with Gasteiger partial charge in [-0.1, -0.05) is 6.07 Å². The van der Waals surface area contributed by atoms with Crippen LogP contribution in [-0.2, 0) is 11.2 Å². The minimum atomic E-state index is -0.237. The molecule has 1 aliphatic carbocycles. The molecule has 0 aliphatic heterocycles. The summed E-state index contributed by atoms with van der Waals surface area (Å²) in [7, 11) is 0. The van der Waals surface area contributed by atoms with Crippen molar-refractivity contribution in [1.82, 2.24) is 10.3 Å². The lowest BCUT2D eigenvalue weighted by Gasteiger charge is -2.29. The van der Waals surface area contributed by atoms with Crippen LogP contribution in [0.15, 0.2) is 24.5 Å². The Morgan fingerprint density at radius 2 is 2.41 bits per heavy atom. The molecule has 1 saturated carbocycles. The van der Waals surface area contributed by atoms with Crippen molar-refractivity contribution in [2.75, 3.05) is 6.54 Å². The van der Waals surface area contributed by atoms with E-state index in [-0.39, 0.29) is 11.4 Å². The summed E-state index contributed by atoms with van der Waals surface area (Å²) in [5.74, 6) is 0.572. The predicted octanol–water partition coefficient (Wildman–Crippen LogP) is 0.868. The van der Waals surface area contributed by atoms with E-state index in [1.54, 1.807) is 12.4 Å². The van der Waals surface area contributed by atoms with Crippen molar-refractivity contribution >= 4 is 5.91 Å². The zero-order chi connectivity index (χ0) is 12.3. The Balaban J connectivity index is 1.92. The summed E-state index contributed by atoms with van der Waals surface area (Å²) >= 11 is 0. The molecule has 1 aliphatic rings. The lowest BCUT2D eigenvalue weighted by molar-refractivity contribution is -0.122. The molecule has 17 heavy (non-hydrogen) atoms. The predicted molar refractivity (Wildman–Crippen MR) is 66.3 cm³/mol. The summed E-state index contributed by atoms with van der Waals surface area (Å²) in [6, 6.07) is 3.75. The van der Waals surface area contributed by atoms with Gasteiger partial charge in [-0.25, -0.2) is 0 Å². The third kappa shape index (κ3) is 3.03. The SMILES string of the molecule is CC(CN)(NC(=O)Cc1cccnc1)C1CC1. The smallest absolute Gasteiger partial charge is 0.224 e. The molecule has 4 heteroatoms. The molecule has 0 radical (unpaired) electrons. The largest absolute Gasteiger partial charge is 0.349 e. The number of hydrogen-bond acceptors (Lipinski definition) is 3. The van der Waals surface area contributed by atoms with Crippen molar-refractivity contribution in [3.8, 4) is 0 Å². The van der Waals surface area contributed by atoms with Crippen molar-refractivity contribution in [1.29, 1.82) is 0 Å². The van der Waals surface area contributed by atoms with Crippen molar-refractivity contribution in [2.24, 2.45) is 11.7 Å². The van der Waals surface area contributed by atoms with Crippen LogP contribution in [0.4, 0.5) is 0 Å². The second-order valence-electron chi connectivity index (χ2n) is 4.98. The van der Waals surface area contributed by atoms with Crippen LogP contribution in [0.5, 0.6) is 0 Å². The van der Waals surface area contributed by atoms with Crippen LogP contribution in [0.2, 0.25) is 0 Å². The number of carbonyl (C=O) groups excluding carboxylic acids is 1. The molecular weight excluding hydrogens is 214 g/mol. The van der Waals surface area contributed by atoms with Crippen molar-refractivity contribution in [3.63, 3.8) is 0 Å². The molecular formula is C13H19N3O. The number of rotatable bonds is 5. The number of nitrogens with two attached hydrogens (primary N) is 1. The topological polar surface area (TPSA) is 68.0 Å². The second-order valence-corrected chi connectivity index (χ2v) is 4.98. The van der Waals surface area contributed by atoms with Gasteiger partial charge in [-0.05, 0) is 37.3 Å². The van der Waals surface area contributed by atoms with Crippen LogP contribution in [0.25, 0.3) is 0 Å². The van der Waals surface area contributed by atoms with Gasteiger partial charge in [0.25, 0.3) is 0 Å². The number of hydrogen-bond donors (Lipinski definition) is 2. The highest BCUT2D eigenvalue weighted by molar-refractivity contribution is 5.79. The van der Waals surface area contributed by atoms with Gasteiger partial charge in [0.1, 0.15) is 0 Å². The highest BCUT2D eigenvalue weighted by atomic mass is 16.1. The Hall–Kier alpha value is -1.42. The quantitative estimate of drug-likeness (QED) is 0.793. The lowest BCUT2D eigenvalue weighted by Crippen LogP contribution is -2.53. The first-order valence-electron chi connectivity index (χ1n) is 6.04. The normalized spacial score (nSPS) is 18.5. The number of aromatic nitrogens is 1. The first-order valence-corrected chi connectivity index (χ1v) is 6.04. The van der Waals surface area contributed by atoms with Crippen LogP contribution in [0.1, 0.15) is 25.3 Å². The van der Waals surface area contributed by atoms with Crippen LogP contribution < -0.4 is 11.1 Å². The van der Waals surface area contributed by atoms with E-state index in [0.29, 0.717) is 18.9 Å². The van der Waals surface area contributed by atoms with Crippen molar-refractivity contribution < 1.29 is 4.79 Å². The maximum absolute atomic E-state index is 11.9. The van der Waals surface area contributed by atoms with Gasteiger partial charge >= 0.3 is 0 Å². The lowest BCUT2D eigenvalue weighted by atomic mass is 9.95. The van der Waals surface area contributed by atoms with Gasteiger partial charge in [0.15, 0.2) is 0 Å². The van der Waals surface area contributed by atoms with E-state index >= 15 is 0 Å². The summed E-state index contributed by atoms with van der Waals surface area (Å²) < 4.78 is 0. The molecule has 1 fully saturated rings. The summed E-state index contributed by atoms with van der Waals surface area (Å²) in [6.07, 6.45) is 6.13. The van der Waals surface area contributed by atoms with Gasteiger partial charge < -0.3 is 11.1 Å². The number of pyridine rings is 1. The van der Waals surface area contributed by atoms with Crippen molar-refractivity contribution in [2.45, 2.75) is 31.7 Å². The summed E-state index contributed by atoms with van der Waals surface area (Å²) in [4.78, 5) is 15.9. The standard InChI is InChI=1S/C13H19N3O/c1-13(9-14,11-4-5-11)16-12(17)7-10-3-2-6-15-8-10/h2-3,6,8,11H,4-5,7,9,14H2,1H3,(H,16,17). The Bertz CT molecular complexity index is 389. The molecule has 1 aromatic heterocycles. The van der Waals surface area contributed by atoms with Crippen LogP contribution >= 0.6 is 0 Å². The van der Waals surface area contributed by atoms with Gasteiger partial charge in [-0.15, -0.1) is 0 Å². The second kappa shape index (κ2) is 4.84. The van der Waals surface area contributed by atoms with E-state index in [2.05, 4.69) is 10.3 Å². The molecule has 3 N–H and O–H groups in total. The maximum atomic E-state index is 11.9. The fourth-order valence-electron chi connectivity index (χ4n) is 2.09. The summed E-state index contributed by atoms with van der Waals surface area (Å²) in [5, 5.41) is 3.06. The third-order valence-electron chi connectivity index (χ3n) is 3.41. The van der Waals surface area contributed by atoms with E-state index < -0.39 is 0 Å². The molecule has 4 nitrogen and oxygen atoms in total. The Morgan fingerprint density at radius 1 is 1.65 bits per heavy atom. The molecule has 1 heterocycles. The molecule has 92 valence electrons. The maximum Gasteiger partial charge on any atom is 0.224 e. The van der Waals surface area contributed by atoms with E-state index in [0.717, 1.165) is 5.56 Å². The van der Waals surface area contributed by atoms with Gasteiger partial charge in [0.2, 0.25) is 5.91 Å². The third-order valence-corrected chi connectivity index (χ3v) is 3.41. The molecule has 2 rings (SSSR count). The fourth-order valence-corrected chi connectivity index (χ4v) is 2.09. The Morgan fingerprint density at radius 3 is 2.94 bits per heavy atom. The molecule has 1 atom stereocenters. The zero-order valence-corrected chi connectivity index (χ0v) is 10.1.